The Bertz CT molecular complexity index is 296. The van der Waals surface area contributed by atoms with Crippen molar-refractivity contribution in [3.8, 4) is 0 Å². The topological polar surface area (TPSA) is 49.3 Å². The summed E-state index contributed by atoms with van der Waals surface area (Å²) in [5, 5.41) is 11.4. The molecule has 1 aromatic rings. The zero-order valence-corrected chi connectivity index (χ0v) is 8.52. The van der Waals surface area contributed by atoms with Crippen molar-refractivity contribution in [1.82, 2.24) is 5.32 Å². The molecule has 3 nitrogen and oxygen atoms in total. The highest BCUT2D eigenvalue weighted by molar-refractivity contribution is 7.12. The SMILES string of the molecule is Cc1ccc(C(C)NCC(=O)O)s1. The Kier molecular flexibility index (Phi) is 3.45. The van der Waals surface area contributed by atoms with Crippen molar-refractivity contribution >= 4 is 17.3 Å². The molecule has 13 heavy (non-hydrogen) atoms. The predicted molar refractivity (Wildman–Crippen MR) is 53.1 cm³/mol. The molecule has 0 spiro atoms. The minimum absolute atomic E-state index is 0.0120. The van der Waals surface area contributed by atoms with Crippen molar-refractivity contribution < 1.29 is 9.90 Å². The van der Waals surface area contributed by atoms with E-state index < -0.39 is 5.97 Å². The molecule has 1 atom stereocenters. The lowest BCUT2D eigenvalue weighted by Crippen LogP contribution is -2.24. The van der Waals surface area contributed by atoms with Crippen molar-refractivity contribution in [3.05, 3.63) is 21.9 Å². The molecule has 72 valence electrons. The first kappa shape index (κ1) is 10.2. The summed E-state index contributed by atoms with van der Waals surface area (Å²) in [6.45, 7) is 4.02. The Labute approximate surface area is 81.4 Å². The second kappa shape index (κ2) is 4.39. The summed E-state index contributed by atoms with van der Waals surface area (Å²) in [7, 11) is 0. The smallest absolute Gasteiger partial charge is 0.317 e. The van der Waals surface area contributed by atoms with Crippen LogP contribution in [0.4, 0.5) is 0 Å². The summed E-state index contributed by atoms with van der Waals surface area (Å²) in [5.41, 5.74) is 0. The third-order valence-electron chi connectivity index (χ3n) is 1.75. The summed E-state index contributed by atoms with van der Waals surface area (Å²) in [4.78, 5) is 12.7. The van der Waals surface area contributed by atoms with E-state index in [4.69, 9.17) is 5.11 Å². The fraction of sp³-hybridized carbons (Fsp3) is 0.444. The van der Waals surface area contributed by atoms with Crippen LogP contribution in [0.15, 0.2) is 12.1 Å². The molecular weight excluding hydrogens is 186 g/mol. The van der Waals surface area contributed by atoms with Gasteiger partial charge in [0.15, 0.2) is 0 Å². The summed E-state index contributed by atoms with van der Waals surface area (Å²) >= 11 is 1.69. The van der Waals surface area contributed by atoms with Gasteiger partial charge < -0.3 is 5.11 Å². The molecular formula is C9H13NO2S. The van der Waals surface area contributed by atoms with E-state index >= 15 is 0 Å². The molecule has 0 aliphatic rings. The molecule has 4 heteroatoms. The lowest BCUT2D eigenvalue weighted by molar-refractivity contribution is -0.136. The number of thiophene rings is 1. The summed E-state index contributed by atoms with van der Waals surface area (Å²) < 4.78 is 0. The van der Waals surface area contributed by atoms with Crippen LogP contribution >= 0.6 is 11.3 Å². The highest BCUT2D eigenvalue weighted by atomic mass is 32.1. The number of carboxylic acid groups (broad SMARTS) is 1. The van der Waals surface area contributed by atoms with Crippen molar-refractivity contribution in [2.24, 2.45) is 0 Å². The molecule has 0 radical (unpaired) electrons. The van der Waals surface area contributed by atoms with Gasteiger partial charge in [0.1, 0.15) is 0 Å². The standard InChI is InChI=1S/C9H13NO2S/c1-6-3-4-8(13-6)7(2)10-5-9(11)12/h3-4,7,10H,5H2,1-2H3,(H,11,12). The molecule has 1 rings (SSSR count). The van der Waals surface area contributed by atoms with Gasteiger partial charge in [0, 0.05) is 15.8 Å². The molecule has 0 saturated heterocycles. The second-order valence-electron chi connectivity index (χ2n) is 2.94. The molecule has 0 fully saturated rings. The Morgan fingerprint density at radius 2 is 2.38 bits per heavy atom. The van der Waals surface area contributed by atoms with Gasteiger partial charge in [0.05, 0.1) is 6.54 Å². The largest absolute Gasteiger partial charge is 0.480 e. The molecule has 0 saturated carbocycles. The van der Waals surface area contributed by atoms with Gasteiger partial charge >= 0.3 is 5.97 Å². The zero-order chi connectivity index (χ0) is 9.84. The lowest BCUT2D eigenvalue weighted by atomic mass is 10.3. The van der Waals surface area contributed by atoms with E-state index in [0.29, 0.717) is 0 Å². The first-order chi connectivity index (χ1) is 6.09. The summed E-state index contributed by atoms with van der Waals surface area (Å²) in [6.07, 6.45) is 0. The van der Waals surface area contributed by atoms with Gasteiger partial charge in [0.2, 0.25) is 0 Å². The highest BCUT2D eigenvalue weighted by Gasteiger charge is 2.07. The number of carbonyl (C=O) groups is 1. The van der Waals surface area contributed by atoms with Gasteiger partial charge in [0.25, 0.3) is 0 Å². The molecule has 0 aliphatic carbocycles. The molecule has 1 aromatic heterocycles. The first-order valence-corrected chi connectivity index (χ1v) is 4.92. The molecule has 1 unspecified atom stereocenters. The van der Waals surface area contributed by atoms with Crippen LogP contribution in [-0.2, 0) is 4.79 Å². The molecule has 0 aromatic carbocycles. The Hall–Kier alpha value is -0.870. The predicted octanol–water partition coefficient (Wildman–Crippen LogP) is 1.79. The van der Waals surface area contributed by atoms with E-state index in [2.05, 4.69) is 5.32 Å². The number of nitrogens with one attached hydrogen (secondary N) is 1. The van der Waals surface area contributed by atoms with Crippen LogP contribution in [0.3, 0.4) is 0 Å². The fourth-order valence-corrected chi connectivity index (χ4v) is 1.93. The van der Waals surface area contributed by atoms with Gasteiger partial charge in [-0.2, -0.15) is 0 Å². The van der Waals surface area contributed by atoms with Crippen LogP contribution in [-0.4, -0.2) is 17.6 Å². The maximum absolute atomic E-state index is 10.3. The van der Waals surface area contributed by atoms with E-state index in [1.165, 1.54) is 9.75 Å². The number of hydrogen-bond acceptors (Lipinski definition) is 3. The normalized spacial score (nSPS) is 12.8. The maximum atomic E-state index is 10.3. The van der Waals surface area contributed by atoms with Gasteiger partial charge in [-0.1, -0.05) is 0 Å². The minimum atomic E-state index is -0.819. The van der Waals surface area contributed by atoms with Crippen LogP contribution in [0.5, 0.6) is 0 Å². The Morgan fingerprint density at radius 1 is 1.69 bits per heavy atom. The zero-order valence-electron chi connectivity index (χ0n) is 7.70. The number of hydrogen-bond donors (Lipinski definition) is 2. The van der Waals surface area contributed by atoms with Crippen LogP contribution in [0.25, 0.3) is 0 Å². The van der Waals surface area contributed by atoms with Crippen LogP contribution in [0.2, 0.25) is 0 Å². The maximum Gasteiger partial charge on any atom is 0.317 e. The van der Waals surface area contributed by atoms with Gasteiger partial charge in [-0.05, 0) is 26.0 Å². The van der Waals surface area contributed by atoms with Gasteiger partial charge in [-0.25, -0.2) is 0 Å². The minimum Gasteiger partial charge on any atom is -0.480 e. The van der Waals surface area contributed by atoms with Crippen molar-refractivity contribution in [1.29, 1.82) is 0 Å². The third-order valence-corrected chi connectivity index (χ3v) is 2.93. The monoisotopic (exact) mass is 199 g/mol. The van der Waals surface area contributed by atoms with E-state index in [0.717, 1.165) is 0 Å². The van der Waals surface area contributed by atoms with E-state index in [1.54, 1.807) is 11.3 Å². The summed E-state index contributed by atoms with van der Waals surface area (Å²) in [5.74, 6) is -0.819. The van der Waals surface area contributed by atoms with Gasteiger partial charge in [-0.3, -0.25) is 10.1 Å². The number of carboxylic acids is 1. The van der Waals surface area contributed by atoms with E-state index in [-0.39, 0.29) is 12.6 Å². The number of rotatable bonds is 4. The van der Waals surface area contributed by atoms with Crippen LogP contribution in [0, 0.1) is 6.92 Å². The Balaban J connectivity index is 2.48. The average molecular weight is 199 g/mol. The number of aliphatic carboxylic acids is 1. The third kappa shape index (κ3) is 3.16. The van der Waals surface area contributed by atoms with E-state index in [9.17, 15) is 4.79 Å². The highest BCUT2D eigenvalue weighted by Crippen LogP contribution is 2.21. The molecule has 1 heterocycles. The van der Waals surface area contributed by atoms with Gasteiger partial charge in [-0.15, -0.1) is 11.3 Å². The quantitative estimate of drug-likeness (QED) is 0.777. The second-order valence-corrected chi connectivity index (χ2v) is 4.26. The van der Waals surface area contributed by atoms with Crippen molar-refractivity contribution in [3.63, 3.8) is 0 Å². The first-order valence-electron chi connectivity index (χ1n) is 4.11. The fourth-order valence-electron chi connectivity index (χ4n) is 1.03. The molecule has 0 aliphatic heterocycles. The van der Waals surface area contributed by atoms with Crippen molar-refractivity contribution in [2.75, 3.05) is 6.54 Å². The summed E-state index contributed by atoms with van der Waals surface area (Å²) in [6, 6.07) is 4.19. The Morgan fingerprint density at radius 3 is 2.85 bits per heavy atom. The molecule has 0 amide bonds. The van der Waals surface area contributed by atoms with E-state index in [1.807, 2.05) is 26.0 Å². The molecule has 0 bridgehead atoms. The average Bonchev–Trinajstić information content (AvgIpc) is 2.47. The van der Waals surface area contributed by atoms with Crippen molar-refractivity contribution in [2.45, 2.75) is 19.9 Å². The lowest BCUT2D eigenvalue weighted by Gasteiger charge is -2.09. The molecule has 2 N–H and O–H groups in total. The van der Waals surface area contributed by atoms with Crippen LogP contribution in [0.1, 0.15) is 22.7 Å². The van der Waals surface area contributed by atoms with Crippen LogP contribution < -0.4 is 5.32 Å². The number of aryl methyl sites for hydroxylation is 1.